The van der Waals surface area contributed by atoms with Gasteiger partial charge >= 0.3 is 0 Å². The molecule has 0 saturated carbocycles. The lowest BCUT2D eigenvalue weighted by molar-refractivity contribution is 0.0994. The fourth-order valence-corrected chi connectivity index (χ4v) is 2.44. The predicted octanol–water partition coefficient (Wildman–Crippen LogP) is 3.19. The highest BCUT2D eigenvalue weighted by atomic mass is 16.3. The molecule has 0 fully saturated rings. The lowest BCUT2D eigenvalue weighted by Gasteiger charge is -2.12. The smallest absolute Gasteiger partial charge is 0.296 e. The summed E-state index contributed by atoms with van der Waals surface area (Å²) in [7, 11) is 3.81. The van der Waals surface area contributed by atoms with E-state index in [1.54, 1.807) is 22.9 Å². The summed E-state index contributed by atoms with van der Waals surface area (Å²) < 4.78 is 1.72. The second-order valence-electron chi connectivity index (χ2n) is 5.59. The minimum Gasteiger partial charge on any atom is -0.493 e. The Balaban J connectivity index is 2.02. The first kappa shape index (κ1) is 15.8. The molecular formula is C17H17N5O2. The van der Waals surface area contributed by atoms with Gasteiger partial charge in [-0.2, -0.15) is 0 Å². The summed E-state index contributed by atoms with van der Waals surface area (Å²) >= 11 is 0. The molecule has 0 aliphatic carbocycles. The zero-order chi connectivity index (χ0) is 17.1. The van der Waals surface area contributed by atoms with Crippen LogP contribution in [0.1, 0.15) is 10.4 Å². The van der Waals surface area contributed by atoms with Crippen LogP contribution in [0.2, 0.25) is 0 Å². The van der Waals surface area contributed by atoms with Crippen molar-refractivity contribution in [1.29, 1.82) is 0 Å². The van der Waals surface area contributed by atoms with Crippen LogP contribution in [0.3, 0.4) is 0 Å². The van der Waals surface area contributed by atoms with Crippen molar-refractivity contribution in [2.24, 2.45) is 10.2 Å². The number of amides is 1. The maximum atomic E-state index is 12.1. The van der Waals surface area contributed by atoms with E-state index in [0.29, 0.717) is 12.2 Å². The van der Waals surface area contributed by atoms with Gasteiger partial charge in [0.15, 0.2) is 5.69 Å². The highest BCUT2D eigenvalue weighted by Crippen LogP contribution is 2.38. The summed E-state index contributed by atoms with van der Waals surface area (Å²) in [5, 5.41) is 19.0. The van der Waals surface area contributed by atoms with Gasteiger partial charge in [0.05, 0.1) is 17.7 Å². The molecule has 7 heteroatoms. The molecule has 1 aromatic carbocycles. The normalized spacial score (nSPS) is 11.6. The minimum absolute atomic E-state index is 0.0207. The molecule has 0 spiro atoms. The molecule has 0 atom stereocenters. The van der Waals surface area contributed by atoms with Crippen LogP contribution in [0.25, 0.3) is 10.9 Å². The Kier molecular flexibility index (Phi) is 4.35. The Hall–Kier alpha value is -3.06. The molecule has 7 nitrogen and oxygen atoms in total. The van der Waals surface area contributed by atoms with Gasteiger partial charge in [0.25, 0.3) is 5.91 Å². The Morgan fingerprint density at radius 3 is 2.75 bits per heavy atom. The van der Waals surface area contributed by atoms with Gasteiger partial charge in [0, 0.05) is 17.8 Å². The molecule has 1 N–H and O–H groups in total. The number of para-hydroxylation sites is 1. The third kappa shape index (κ3) is 3.02. The summed E-state index contributed by atoms with van der Waals surface area (Å²) in [5.74, 6) is -0.528. The molecule has 3 aromatic rings. The first-order valence-corrected chi connectivity index (χ1v) is 7.39. The van der Waals surface area contributed by atoms with Crippen molar-refractivity contribution in [2.75, 3.05) is 14.1 Å². The van der Waals surface area contributed by atoms with Gasteiger partial charge in [-0.25, -0.2) is 0 Å². The van der Waals surface area contributed by atoms with Crippen LogP contribution in [0.4, 0.5) is 5.69 Å². The van der Waals surface area contributed by atoms with Crippen molar-refractivity contribution in [1.82, 2.24) is 14.5 Å². The molecule has 0 aliphatic rings. The lowest BCUT2D eigenvalue weighted by Crippen LogP contribution is -2.16. The van der Waals surface area contributed by atoms with Crippen LogP contribution in [-0.2, 0) is 6.67 Å². The molecule has 0 saturated heterocycles. The van der Waals surface area contributed by atoms with E-state index < -0.39 is 5.91 Å². The molecule has 1 amide bonds. The molecule has 3 rings (SSSR count). The lowest BCUT2D eigenvalue weighted by atomic mass is 10.2. The van der Waals surface area contributed by atoms with Crippen LogP contribution < -0.4 is 0 Å². The van der Waals surface area contributed by atoms with Gasteiger partial charge in [0.1, 0.15) is 0 Å². The van der Waals surface area contributed by atoms with Crippen LogP contribution in [0, 0.1) is 0 Å². The van der Waals surface area contributed by atoms with Gasteiger partial charge < -0.3 is 5.11 Å². The van der Waals surface area contributed by atoms with Gasteiger partial charge in [0.2, 0.25) is 5.88 Å². The van der Waals surface area contributed by atoms with Crippen molar-refractivity contribution < 1.29 is 9.90 Å². The van der Waals surface area contributed by atoms with Crippen LogP contribution >= 0.6 is 0 Å². The fourth-order valence-electron chi connectivity index (χ4n) is 2.44. The second kappa shape index (κ2) is 6.59. The molecule has 2 aromatic heterocycles. The summed E-state index contributed by atoms with van der Waals surface area (Å²) in [6, 6.07) is 10.7. The van der Waals surface area contributed by atoms with Gasteiger partial charge in [-0.1, -0.05) is 18.2 Å². The van der Waals surface area contributed by atoms with E-state index in [1.807, 2.05) is 43.3 Å². The summed E-state index contributed by atoms with van der Waals surface area (Å²) in [4.78, 5) is 17.9. The number of hydrogen-bond acceptors (Lipinski definition) is 5. The Morgan fingerprint density at radius 1 is 1.25 bits per heavy atom. The highest BCUT2D eigenvalue weighted by molar-refractivity contribution is 5.97. The molecule has 0 radical (unpaired) electrons. The van der Waals surface area contributed by atoms with E-state index in [1.165, 1.54) is 6.20 Å². The van der Waals surface area contributed by atoms with E-state index in [2.05, 4.69) is 15.2 Å². The van der Waals surface area contributed by atoms with Gasteiger partial charge in [-0.3, -0.25) is 19.2 Å². The van der Waals surface area contributed by atoms with Crippen molar-refractivity contribution in [3.05, 3.63) is 54.4 Å². The van der Waals surface area contributed by atoms with E-state index in [4.69, 9.17) is 0 Å². The van der Waals surface area contributed by atoms with Crippen molar-refractivity contribution >= 4 is 22.5 Å². The monoisotopic (exact) mass is 323 g/mol. The first-order chi connectivity index (χ1) is 11.6. The van der Waals surface area contributed by atoms with E-state index in [0.717, 1.165) is 10.9 Å². The minimum atomic E-state index is -0.507. The third-order valence-corrected chi connectivity index (χ3v) is 3.49. The van der Waals surface area contributed by atoms with Gasteiger partial charge in [-0.05, 0) is 32.3 Å². The zero-order valence-electron chi connectivity index (χ0n) is 13.4. The topological polar surface area (TPSA) is 83.1 Å². The average molecular weight is 323 g/mol. The Bertz CT molecular complexity index is 900. The highest BCUT2D eigenvalue weighted by Gasteiger charge is 2.17. The number of benzene rings is 1. The Labute approximate surface area is 138 Å². The quantitative estimate of drug-likeness (QED) is 0.747. The number of hydrogen-bond donors (Lipinski definition) is 1. The molecule has 24 heavy (non-hydrogen) atoms. The number of fused-ring (bicyclic) bond motifs is 1. The van der Waals surface area contributed by atoms with Crippen molar-refractivity contribution in [2.45, 2.75) is 6.67 Å². The van der Waals surface area contributed by atoms with Crippen LogP contribution in [0.5, 0.6) is 5.88 Å². The maximum absolute atomic E-state index is 12.1. The number of rotatable bonds is 4. The molecule has 2 heterocycles. The first-order valence-electron chi connectivity index (χ1n) is 7.39. The van der Waals surface area contributed by atoms with Crippen LogP contribution in [-0.4, -0.2) is 39.6 Å². The summed E-state index contributed by atoms with van der Waals surface area (Å²) in [6.45, 7) is 0.485. The van der Waals surface area contributed by atoms with Crippen molar-refractivity contribution in [3.8, 4) is 5.88 Å². The number of carbonyl (C=O) groups is 1. The average Bonchev–Trinajstić information content (AvgIpc) is 2.85. The van der Waals surface area contributed by atoms with Crippen molar-refractivity contribution in [3.63, 3.8) is 0 Å². The second-order valence-corrected chi connectivity index (χ2v) is 5.59. The number of carbonyl (C=O) groups excluding carboxylic acids is 1. The number of aromatic hydroxyl groups is 1. The largest absolute Gasteiger partial charge is 0.493 e. The van der Waals surface area contributed by atoms with Crippen LogP contribution in [0.15, 0.2) is 59.0 Å². The number of pyridine rings is 1. The number of nitrogens with zero attached hydrogens (tertiary/aromatic N) is 5. The third-order valence-electron chi connectivity index (χ3n) is 3.49. The predicted molar refractivity (Wildman–Crippen MR) is 90.4 cm³/mol. The maximum Gasteiger partial charge on any atom is 0.296 e. The fraction of sp³-hybridized carbons (Fsp3) is 0.176. The SMILES string of the molecule is CN(C)Cn1c(O)c(N=NC(=O)c2cccnc2)c2ccccc21. The molecule has 0 aliphatic heterocycles. The number of azo groups is 1. The molecular weight excluding hydrogens is 306 g/mol. The zero-order valence-corrected chi connectivity index (χ0v) is 13.4. The summed E-state index contributed by atoms with van der Waals surface area (Å²) in [5.41, 5.74) is 1.45. The summed E-state index contributed by atoms with van der Waals surface area (Å²) in [6.07, 6.45) is 3.01. The standard InChI is InChI=1S/C17H17N5O2/c1-21(2)11-22-14-8-4-3-7-13(14)15(17(22)24)19-20-16(23)12-6-5-9-18-10-12/h3-10,24H,11H2,1-2H3. The molecule has 0 unspecified atom stereocenters. The van der Waals surface area contributed by atoms with E-state index >= 15 is 0 Å². The Morgan fingerprint density at radius 2 is 2.04 bits per heavy atom. The molecule has 0 bridgehead atoms. The van der Waals surface area contributed by atoms with E-state index in [9.17, 15) is 9.90 Å². The molecule has 122 valence electrons. The van der Waals surface area contributed by atoms with E-state index in [-0.39, 0.29) is 11.6 Å². The van der Waals surface area contributed by atoms with Gasteiger partial charge in [-0.15, -0.1) is 10.2 Å². The number of aromatic nitrogens is 2.